The average Bonchev–Trinajstić information content (AvgIpc) is 2.42. The highest BCUT2D eigenvalue weighted by Crippen LogP contribution is 2.13. The maximum Gasteiger partial charge on any atom is 0.229 e. The number of anilines is 1. The molecule has 0 aliphatic rings. The van der Waals surface area contributed by atoms with Gasteiger partial charge in [0.25, 0.3) is 0 Å². The third kappa shape index (κ3) is 3.55. The Morgan fingerprint density at radius 3 is 2.63 bits per heavy atom. The van der Waals surface area contributed by atoms with Gasteiger partial charge in [0, 0.05) is 6.20 Å². The van der Waals surface area contributed by atoms with Crippen molar-refractivity contribution in [1.82, 2.24) is 4.98 Å². The molecule has 0 aliphatic heterocycles. The molecule has 0 unspecified atom stereocenters. The number of hydrogen-bond acceptors (Lipinski definition) is 3. The number of nitrogens with one attached hydrogen (secondary N) is 1. The maximum atomic E-state index is 11.9. The fraction of sp³-hybridized carbons (Fsp3) is 0.200. The third-order valence-electron chi connectivity index (χ3n) is 2.79. The van der Waals surface area contributed by atoms with E-state index in [1.54, 1.807) is 13.3 Å². The molecule has 0 bridgehead atoms. The number of methoxy groups -OCH3 is 1. The van der Waals surface area contributed by atoms with Crippen LogP contribution in [-0.2, 0) is 11.2 Å². The van der Waals surface area contributed by atoms with Crippen LogP contribution >= 0.6 is 0 Å². The Morgan fingerprint density at radius 2 is 2.00 bits per heavy atom. The molecule has 0 aliphatic carbocycles. The van der Waals surface area contributed by atoms with Crippen LogP contribution in [0, 0.1) is 6.92 Å². The van der Waals surface area contributed by atoms with Gasteiger partial charge >= 0.3 is 0 Å². The topological polar surface area (TPSA) is 51.2 Å². The predicted molar refractivity (Wildman–Crippen MR) is 74.3 cm³/mol. The normalized spacial score (nSPS) is 10.0. The monoisotopic (exact) mass is 256 g/mol. The molecule has 0 atom stereocenters. The predicted octanol–water partition coefficient (Wildman–Crippen LogP) is 2.58. The van der Waals surface area contributed by atoms with Crippen molar-refractivity contribution in [3.05, 3.63) is 53.7 Å². The van der Waals surface area contributed by atoms with Crippen molar-refractivity contribution in [3.63, 3.8) is 0 Å². The number of pyridine rings is 1. The summed E-state index contributed by atoms with van der Waals surface area (Å²) in [6.07, 6.45) is 1.98. The second-order valence-electron chi connectivity index (χ2n) is 4.24. The SMILES string of the molecule is COc1ccc(CC(=O)Nc2ncccc2C)cc1. The van der Waals surface area contributed by atoms with Crippen molar-refractivity contribution >= 4 is 11.7 Å². The number of ether oxygens (including phenoxy) is 1. The van der Waals surface area contributed by atoms with Crippen molar-refractivity contribution in [3.8, 4) is 5.75 Å². The van der Waals surface area contributed by atoms with E-state index in [9.17, 15) is 4.79 Å². The zero-order valence-electron chi connectivity index (χ0n) is 11.0. The van der Waals surface area contributed by atoms with Crippen LogP contribution in [0.5, 0.6) is 5.75 Å². The first-order chi connectivity index (χ1) is 9.19. The van der Waals surface area contributed by atoms with Gasteiger partial charge in [-0.05, 0) is 36.2 Å². The van der Waals surface area contributed by atoms with Crippen molar-refractivity contribution < 1.29 is 9.53 Å². The van der Waals surface area contributed by atoms with Gasteiger partial charge in [-0.25, -0.2) is 4.98 Å². The average molecular weight is 256 g/mol. The fourth-order valence-corrected chi connectivity index (χ4v) is 1.72. The zero-order chi connectivity index (χ0) is 13.7. The Kier molecular flexibility index (Phi) is 4.13. The minimum absolute atomic E-state index is 0.0769. The number of hydrogen-bond donors (Lipinski definition) is 1. The molecule has 19 heavy (non-hydrogen) atoms. The molecule has 2 rings (SSSR count). The standard InChI is InChI=1S/C15H16N2O2/c1-11-4-3-9-16-15(11)17-14(18)10-12-5-7-13(19-2)8-6-12/h3-9H,10H2,1-2H3,(H,16,17,18). The van der Waals surface area contributed by atoms with E-state index in [1.165, 1.54) is 0 Å². The number of amides is 1. The number of aromatic nitrogens is 1. The number of nitrogens with zero attached hydrogens (tertiary/aromatic N) is 1. The highest BCUT2D eigenvalue weighted by Gasteiger charge is 2.06. The van der Waals surface area contributed by atoms with Gasteiger partial charge < -0.3 is 10.1 Å². The lowest BCUT2D eigenvalue weighted by Crippen LogP contribution is -2.16. The summed E-state index contributed by atoms with van der Waals surface area (Å²) in [6.45, 7) is 1.91. The molecule has 1 aromatic carbocycles. The van der Waals surface area contributed by atoms with E-state index in [-0.39, 0.29) is 5.91 Å². The Balaban J connectivity index is 1.99. The zero-order valence-corrected chi connectivity index (χ0v) is 11.0. The van der Waals surface area contributed by atoms with E-state index in [2.05, 4.69) is 10.3 Å². The smallest absolute Gasteiger partial charge is 0.229 e. The van der Waals surface area contributed by atoms with Gasteiger partial charge in [0.15, 0.2) is 0 Å². The highest BCUT2D eigenvalue weighted by atomic mass is 16.5. The molecule has 0 spiro atoms. The Labute approximate surface area is 112 Å². The molecule has 1 N–H and O–H groups in total. The van der Waals surface area contributed by atoms with Gasteiger partial charge in [-0.2, -0.15) is 0 Å². The third-order valence-corrected chi connectivity index (χ3v) is 2.79. The van der Waals surface area contributed by atoms with E-state index in [0.717, 1.165) is 16.9 Å². The fourth-order valence-electron chi connectivity index (χ4n) is 1.72. The number of rotatable bonds is 4. The van der Waals surface area contributed by atoms with E-state index in [0.29, 0.717) is 12.2 Å². The molecule has 0 radical (unpaired) electrons. The van der Waals surface area contributed by atoms with E-state index in [1.807, 2.05) is 43.3 Å². The van der Waals surface area contributed by atoms with Gasteiger partial charge in [0.1, 0.15) is 11.6 Å². The summed E-state index contributed by atoms with van der Waals surface area (Å²) in [5.41, 5.74) is 1.89. The van der Waals surface area contributed by atoms with Crippen LogP contribution in [0.25, 0.3) is 0 Å². The van der Waals surface area contributed by atoms with Crippen LogP contribution in [0.3, 0.4) is 0 Å². The van der Waals surface area contributed by atoms with Crippen LogP contribution in [0.4, 0.5) is 5.82 Å². The molecule has 0 fully saturated rings. The van der Waals surface area contributed by atoms with Gasteiger partial charge in [0.2, 0.25) is 5.91 Å². The van der Waals surface area contributed by atoms with Gasteiger partial charge in [-0.1, -0.05) is 18.2 Å². The first-order valence-corrected chi connectivity index (χ1v) is 6.03. The molecule has 1 aromatic heterocycles. The van der Waals surface area contributed by atoms with Crippen molar-refractivity contribution in [2.45, 2.75) is 13.3 Å². The molecular formula is C15H16N2O2. The highest BCUT2D eigenvalue weighted by molar-refractivity contribution is 5.91. The molecular weight excluding hydrogens is 240 g/mol. The summed E-state index contributed by atoms with van der Waals surface area (Å²) in [5.74, 6) is 1.32. The molecule has 0 saturated heterocycles. The van der Waals surface area contributed by atoms with Crippen LogP contribution in [0.2, 0.25) is 0 Å². The molecule has 98 valence electrons. The van der Waals surface area contributed by atoms with Crippen molar-refractivity contribution in [1.29, 1.82) is 0 Å². The van der Waals surface area contributed by atoms with Crippen molar-refractivity contribution in [2.24, 2.45) is 0 Å². The lowest BCUT2D eigenvalue weighted by Gasteiger charge is -2.07. The van der Waals surface area contributed by atoms with Crippen LogP contribution in [0.15, 0.2) is 42.6 Å². The minimum Gasteiger partial charge on any atom is -0.497 e. The maximum absolute atomic E-state index is 11.9. The first-order valence-electron chi connectivity index (χ1n) is 6.03. The molecule has 1 heterocycles. The summed E-state index contributed by atoms with van der Waals surface area (Å²) >= 11 is 0. The molecule has 1 amide bonds. The summed E-state index contributed by atoms with van der Waals surface area (Å²) in [6, 6.07) is 11.2. The summed E-state index contributed by atoms with van der Waals surface area (Å²) in [4.78, 5) is 16.0. The Bertz CT molecular complexity index is 565. The molecule has 4 nitrogen and oxygen atoms in total. The lowest BCUT2D eigenvalue weighted by molar-refractivity contribution is -0.115. The first kappa shape index (κ1) is 13.1. The Hall–Kier alpha value is -2.36. The summed E-state index contributed by atoms with van der Waals surface area (Å²) in [7, 11) is 1.62. The lowest BCUT2D eigenvalue weighted by atomic mass is 10.1. The minimum atomic E-state index is -0.0769. The molecule has 2 aromatic rings. The largest absolute Gasteiger partial charge is 0.497 e. The van der Waals surface area contributed by atoms with Crippen LogP contribution < -0.4 is 10.1 Å². The summed E-state index contributed by atoms with van der Waals surface area (Å²) < 4.78 is 5.07. The number of carbonyl (C=O) groups is 1. The van der Waals surface area contributed by atoms with E-state index < -0.39 is 0 Å². The second-order valence-corrected chi connectivity index (χ2v) is 4.24. The number of benzene rings is 1. The van der Waals surface area contributed by atoms with Gasteiger partial charge in [0.05, 0.1) is 13.5 Å². The van der Waals surface area contributed by atoms with Crippen LogP contribution in [0.1, 0.15) is 11.1 Å². The number of aryl methyl sites for hydroxylation is 1. The van der Waals surface area contributed by atoms with Crippen molar-refractivity contribution in [2.75, 3.05) is 12.4 Å². The molecule has 0 saturated carbocycles. The number of carbonyl (C=O) groups excluding carboxylic acids is 1. The second kappa shape index (κ2) is 6.00. The van der Waals surface area contributed by atoms with E-state index >= 15 is 0 Å². The Morgan fingerprint density at radius 1 is 1.26 bits per heavy atom. The quantitative estimate of drug-likeness (QED) is 0.914. The van der Waals surface area contributed by atoms with E-state index in [4.69, 9.17) is 4.74 Å². The van der Waals surface area contributed by atoms with Crippen LogP contribution in [-0.4, -0.2) is 18.0 Å². The van der Waals surface area contributed by atoms with Gasteiger partial charge in [-0.15, -0.1) is 0 Å². The van der Waals surface area contributed by atoms with Gasteiger partial charge in [-0.3, -0.25) is 4.79 Å². The molecule has 4 heteroatoms. The summed E-state index contributed by atoms with van der Waals surface area (Å²) in [5, 5.41) is 2.81.